The third-order valence-electron chi connectivity index (χ3n) is 2.44. The molecule has 0 aliphatic carbocycles. The first-order valence-electron chi connectivity index (χ1n) is 5.42. The standard InChI is InChI=1S/C13H10ClNO4/c14-12-7-10(15(17)18)4-5-13(12)19-11-3-1-2-9(6-11)8-16/h1-7,16H,8H2. The molecule has 0 unspecified atom stereocenters. The Labute approximate surface area is 114 Å². The molecule has 0 radical (unpaired) electrons. The van der Waals surface area contributed by atoms with E-state index in [-0.39, 0.29) is 17.3 Å². The third-order valence-corrected chi connectivity index (χ3v) is 2.73. The minimum absolute atomic E-state index is 0.0921. The van der Waals surface area contributed by atoms with E-state index in [4.69, 9.17) is 21.4 Å². The van der Waals surface area contributed by atoms with E-state index in [1.165, 1.54) is 18.2 Å². The summed E-state index contributed by atoms with van der Waals surface area (Å²) < 4.78 is 5.52. The Hall–Kier alpha value is -2.11. The van der Waals surface area contributed by atoms with Gasteiger partial charge in [-0.15, -0.1) is 0 Å². The second kappa shape index (κ2) is 5.69. The van der Waals surface area contributed by atoms with Crippen molar-refractivity contribution in [2.24, 2.45) is 0 Å². The minimum atomic E-state index is -0.526. The summed E-state index contributed by atoms with van der Waals surface area (Å²) >= 11 is 5.92. The van der Waals surface area contributed by atoms with Crippen molar-refractivity contribution in [1.82, 2.24) is 0 Å². The smallest absolute Gasteiger partial charge is 0.271 e. The Balaban J connectivity index is 2.25. The van der Waals surface area contributed by atoms with Crippen LogP contribution in [0.15, 0.2) is 42.5 Å². The molecule has 0 aliphatic heterocycles. The summed E-state index contributed by atoms with van der Waals surface area (Å²) in [6.45, 7) is -0.0921. The number of hydrogen-bond donors (Lipinski definition) is 1. The second-order valence-corrected chi connectivity index (χ2v) is 4.19. The molecule has 2 rings (SSSR count). The predicted molar refractivity (Wildman–Crippen MR) is 70.5 cm³/mol. The van der Waals surface area contributed by atoms with E-state index in [0.717, 1.165) is 0 Å². The van der Waals surface area contributed by atoms with Gasteiger partial charge in [0.25, 0.3) is 5.69 Å². The molecule has 19 heavy (non-hydrogen) atoms. The summed E-state index contributed by atoms with van der Waals surface area (Å²) in [5.74, 6) is 0.824. The van der Waals surface area contributed by atoms with E-state index >= 15 is 0 Å². The Morgan fingerprint density at radius 1 is 1.26 bits per heavy atom. The second-order valence-electron chi connectivity index (χ2n) is 3.78. The van der Waals surface area contributed by atoms with E-state index in [1.54, 1.807) is 24.3 Å². The molecule has 6 heteroatoms. The van der Waals surface area contributed by atoms with Crippen LogP contribution >= 0.6 is 11.6 Å². The molecule has 1 N–H and O–H groups in total. The van der Waals surface area contributed by atoms with Crippen LogP contribution < -0.4 is 4.74 Å². The van der Waals surface area contributed by atoms with Gasteiger partial charge >= 0.3 is 0 Å². The van der Waals surface area contributed by atoms with Gasteiger partial charge in [0.05, 0.1) is 16.6 Å². The average Bonchev–Trinajstić information content (AvgIpc) is 2.41. The lowest BCUT2D eigenvalue weighted by Gasteiger charge is -2.08. The molecule has 0 aliphatic rings. The minimum Gasteiger partial charge on any atom is -0.456 e. The maximum Gasteiger partial charge on any atom is 0.271 e. The zero-order valence-corrected chi connectivity index (χ0v) is 10.5. The molecular weight excluding hydrogens is 270 g/mol. The first-order chi connectivity index (χ1) is 9.10. The highest BCUT2D eigenvalue weighted by Crippen LogP contribution is 2.32. The Morgan fingerprint density at radius 2 is 2.05 bits per heavy atom. The zero-order valence-electron chi connectivity index (χ0n) is 9.75. The van der Waals surface area contributed by atoms with Gasteiger partial charge in [-0.05, 0) is 23.8 Å². The van der Waals surface area contributed by atoms with Gasteiger partial charge in [0, 0.05) is 12.1 Å². The fraction of sp³-hybridized carbons (Fsp3) is 0.0769. The zero-order chi connectivity index (χ0) is 13.8. The number of aliphatic hydroxyl groups excluding tert-OH is 1. The number of nitro groups is 1. The van der Waals surface area contributed by atoms with Crippen molar-refractivity contribution in [1.29, 1.82) is 0 Å². The lowest BCUT2D eigenvalue weighted by Crippen LogP contribution is -1.91. The first kappa shape index (κ1) is 13.3. The number of nitro benzene ring substituents is 1. The molecule has 2 aromatic rings. The molecule has 98 valence electrons. The quantitative estimate of drug-likeness (QED) is 0.686. The summed E-state index contributed by atoms with van der Waals surface area (Å²) in [6.07, 6.45) is 0. The maximum absolute atomic E-state index is 10.6. The summed E-state index contributed by atoms with van der Waals surface area (Å²) in [5, 5.41) is 19.8. The number of ether oxygens (including phenoxy) is 1. The topological polar surface area (TPSA) is 72.6 Å². The van der Waals surface area contributed by atoms with Gasteiger partial charge in [-0.2, -0.15) is 0 Å². The SMILES string of the molecule is O=[N+]([O-])c1ccc(Oc2cccc(CO)c2)c(Cl)c1. The fourth-order valence-corrected chi connectivity index (χ4v) is 1.73. The van der Waals surface area contributed by atoms with Crippen LogP contribution in [-0.4, -0.2) is 10.0 Å². The highest BCUT2D eigenvalue weighted by atomic mass is 35.5. The lowest BCUT2D eigenvalue weighted by atomic mass is 10.2. The molecule has 0 atom stereocenters. The van der Waals surface area contributed by atoms with Gasteiger partial charge in [0.15, 0.2) is 0 Å². The Bertz CT molecular complexity index is 615. The van der Waals surface area contributed by atoms with Crippen molar-refractivity contribution < 1.29 is 14.8 Å². The van der Waals surface area contributed by atoms with E-state index in [1.807, 2.05) is 0 Å². The lowest BCUT2D eigenvalue weighted by molar-refractivity contribution is -0.384. The largest absolute Gasteiger partial charge is 0.456 e. The number of hydrogen-bond acceptors (Lipinski definition) is 4. The van der Waals surface area contributed by atoms with Gasteiger partial charge < -0.3 is 9.84 Å². The van der Waals surface area contributed by atoms with Crippen LogP contribution in [0.2, 0.25) is 5.02 Å². The van der Waals surface area contributed by atoms with Crippen LogP contribution in [0, 0.1) is 10.1 Å². The summed E-state index contributed by atoms with van der Waals surface area (Å²) in [6, 6.07) is 10.8. The molecule has 5 nitrogen and oxygen atoms in total. The van der Waals surface area contributed by atoms with Crippen LogP contribution in [0.3, 0.4) is 0 Å². The van der Waals surface area contributed by atoms with Crippen LogP contribution in [0.4, 0.5) is 5.69 Å². The Morgan fingerprint density at radius 3 is 2.68 bits per heavy atom. The normalized spacial score (nSPS) is 10.2. The van der Waals surface area contributed by atoms with Gasteiger partial charge in [-0.25, -0.2) is 0 Å². The van der Waals surface area contributed by atoms with Crippen LogP contribution in [0.5, 0.6) is 11.5 Å². The van der Waals surface area contributed by atoms with Gasteiger partial charge in [-0.1, -0.05) is 23.7 Å². The van der Waals surface area contributed by atoms with E-state index in [9.17, 15) is 10.1 Å². The molecule has 0 saturated carbocycles. The molecule has 0 bridgehead atoms. The molecule has 0 aromatic heterocycles. The van der Waals surface area contributed by atoms with E-state index in [2.05, 4.69) is 0 Å². The molecule has 0 saturated heterocycles. The van der Waals surface area contributed by atoms with Crippen molar-refractivity contribution in [3.05, 3.63) is 63.2 Å². The van der Waals surface area contributed by atoms with Crippen molar-refractivity contribution in [3.63, 3.8) is 0 Å². The molecule has 2 aromatic carbocycles. The predicted octanol–water partition coefficient (Wildman–Crippen LogP) is 3.53. The number of halogens is 1. The van der Waals surface area contributed by atoms with Crippen LogP contribution in [0.25, 0.3) is 0 Å². The molecule has 0 amide bonds. The van der Waals surface area contributed by atoms with Gasteiger partial charge in [0.2, 0.25) is 0 Å². The highest BCUT2D eigenvalue weighted by molar-refractivity contribution is 6.32. The Kier molecular flexibility index (Phi) is 3.99. The van der Waals surface area contributed by atoms with E-state index in [0.29, 0.717) is 17.1 Å². The van der Waals surface area contributed by atoms with Crippen molar-refractivity contribution in [3.8, 4) is 11.5 Å². The van der Waals surface area contributed by atoms with E-state index < -0.39 is 4.92 Å². The van der Waals surface area contributed by atoms with Crippen molar-refractivity contribution in [2.75, 3.05) is 0 Å². The number of non-ortho nitro benzene ring substituents is 1. The summed E-state index contributed by atoms with van der Waals surface area (Å²) in [5.41, 5.74) is 0.608. The van der Waals surface area contributed by atoms with Crippen LogP contribution in [-0.2, 0) is 6.61 Å². The number of rotatable bonds is 4. The highest BCUT2D eigenvalue weighted by Gasteiger charge is 2.11. The maximum atomic E-state index is 10.6. The van der Waals surface area contributed by atoms with Crippen LogP contribution in [0.1, 0.15) is 5.56 Å². The monoisotopic (exact) mass is 279 g/mol. The summed E-state index contributed by atoms with van der Waals surface area (Å²) in [4.78, 5) is 10.1. The molecular formula is C13H10ClNO4. The number of benzene rings is 2. The van der Waals surface area contributed by atoms with Crippen molar-refractivity contribution >= 4 is 17.3 Å². The molecule has 0 heterocycles. The molecule has 0 spiro atoms. The average molecular weight is 280 g/mol. The summed E-state index contributed by atoms with van der Waals surface area (Å²) in [7, 11) is 0. The van der Waals surface area contributed by atoms with Gasteiger partial charge in [-0.3, -0.25) is 10.1 Å². The van der Waals surface area contributed by atoms with Crippen molar-refractivity contribution in [2.45, 2.75) is 6.61 Å². The number of aliphatic hydroxyl groups is 1. The first-order valence-corrected chi connectivity index (χ1v) is 5.79. The molecule has 0 fully saturated rings. The fourth-order valence-electron chi connectivity index (χ4n) is 1.52. The number of nitrogens with zero attached hydrogens (tertiary/aromatic N) is 1. The third kappa shape index (κ3) is 3.21. The van der Waals surface area contributed by atoms with Gasteiger partial charge in [0.1, 0.15) is 11.5 Å².